The highest BCUT2D eigenvalue weighted by Gasteiger charge is 2.33. The summed E-state index contributed by atoms with van der Waals surface area (Å²) in [7, 11) is 0. The lowest BCUT2D eigenvalue weighted by Crippen LogP contribution is -2.39. The summed E-state index contributed by atoms with van der Waals surface area (Å²) < 4.78 is 15.2. The van der Waals surface area contributed by atoms with Crippen LogP contribution in [0, 0.1) is 0 Å². The van der Waals surface area contributed by atoms with Crippen LogP contribution in [0.25, 0.3) is 17.0 Å². The van der Waals surface area contributed by atoms with E-state index >= 15 is 0 Å². The van der Waals surface area contributed by atoms with Crippen molar-refractivity contribution < 1.29 is 14.3 Å². The maximum Gasteiger partial charge on any atom is 0.338 e. The number of aromatic nitrogens is 2. The van der Waals surface area contributed by atoms with Crippen LogP contribution in [0.4, 0.5) is 0 Å². The van der Waals surface area contributed by atoms with E-state index in [1.165, 1.54) is 11.3 Å². The van der Waals surface area contributed by atoms with Crippen LogP contribution in [-0.2, 0) is 16.1 Å². The van der Waals surface area contributed by atoms with Crippen LogP contribution in [0.15, 0.2) is 88.4 Å². The molecule has 8 heteroatoms. The summed E-state index contributed by atoms with van der Waals surface area (Å²) >= 11 is 1.32. The molecule has 7 nitrogen and oxygen atoms in total. The molecule has 3 heterocycles. The zero-order chi connectivity index (χ0) is 26.8. The number of ether oxygens (including phenoxy) is 2. The highest BCUT2D eigenvalue weighted by atomic mass is 32.1. The number of thiazole rings is 1. The van der Waals surface area contributed by atoms with Crippen molar-refractivity contribution in [1.82, 2.24) is 9.13 Å². The fraction of sp³-hybridized carbons (Fsp3) is 0.233. The van der Waals surface area contributed by atoms with Gasteiger partial charge in [-0.25, -0.2) is 9.79 Å². The van der Waals surface area contributed by atoms with Gasteiger partial charge in [0.2, 0.25) is 0 Å². The van der Waals surface area contributed by atoms with Crippen molar-refractivity contribution >= 4 is 34.3 Å². The molecule has 0 radical (unpaired) electrons. The van der Waals surface area contributed by atoms with E-state index in [0.717, 1.165) is 27.8 Å². The first-order valence-corrected chi connectivity index (χ1v) is 13.4. The Bertz CT molecular complexity index is 1740. The molecule has 0 spiro atoms. The molecule has 1 aliphatic rings. The van der Waals surface area contributed by atoms with Gasteiger partial charge in [0, 0.05) is 29.2 Å². The number of nitrogens with zero attached hydrogens (tertiary/aromatic N) is 3. The topological polar surface area (TPSA) is 74.8 Å². The van der Waals surface area contributed by atoms with E-state index in [1.54, 1.807) is 18.4 Å². The number of fused-ring (bicyclic) bond motifs is 2. The minimum atomic E-state index is -0.662. The molecule has 0 amide bonds. The maximum atomic E-state index is 13.9. The third-order valence-corrected chi connectivity index (χ3v) is 7.44. The minimum Gasteiger partial charge on any atom is -0.494 e. The van der Waals surface area contributed by atoms with Crippen molar-refractivity contribution in [3.8, 4) is 5.75 Å². The molecule has 1 unspecified atom stereocenters. The van der Waals surface area contributed by atoms with Gasteiger partial charge in [0.1, 0.15) is 5.75 Å². The molecular formula is C30H29N3O4S. The Labute approximate surface area is 224 Å². The number of hydrogen-bond donors (Lipinski definition) is 0. The van der Waals surface area contributed by atoms with Gasteiger partial charge in [-0.3, -0.25) is 9.36 Å². The second kappa shape index (κ2) is 10.7. The SMILES string of the molecule is C=CCn1cc(/C=c2\sc3n(c2=O)C(c2ccc(OCC)cc2)C(C(=O)OCC)=C(C)N=3)c2ccccc21. The van der Waals surface area contributed by atoms with Crippen LogP contribution in [0.2, 0.25) is 0 Å². The largest absolute Gasteiger partial charge is 0.494 e. The van der Waals surface area contributed by atoms with Gasteiger partial charge in [0.05, 0.1) is 35.1 Å². The van der Waals surface area contributed by atoms with Gasteiger partial charge in [0.25, 0.3) is 5.56 Å². The van der Waals surface area contributed by atoms with Crippen molar-refractivity contribution in [3.05, 3.63) is 109 Å². The zero-order valence-electron chi connectivity index (χ0n) is 21.6. The molecule has 5 rings (SSSR count). The molecule has 0 saturated heterocycles. The molecule has 2 aromatic carbocycles. The summed E-state index contributed by atoms with van der Waals surface area (Å²) in [5.41, 5.74) is 3.48. The molecule has 1 aliphatic heterocycles. The Hall–Kier alpha value is -4.17. The summed E-state index contributed by atoms with van der Waals surface area (Å²) in [6.45, 7) is 10.8. The molecule has 4 aromatic rings. The van der Waals surface area contributed by atoms with Gasteiger partial charge in [-0.05, 0) is 50.6 Å². The second-order valence-electron chi connectivity index (χ2n) is 8.85. The van der Waals surface area contributed by atoms with Crippen LogP contribution in [0.1, 0.15) is 37.9 Å². The Morgan fingerprint density at radius 1 is 1.13 bits per heavy atom. The van der Waals surface area contributed by atoms with Gasteiger partial charge in [-0.15, -0.1) is 6.58 Å². The first-order chi connectivity index (χ1) is 18.5. The average molecular weight is 528 g/mol. The van der Waals surface area contributed by atoms with Gasteiger partial charge < -0.3 is 14.0 Å². The third-order valence-electron chi connectivity index (χ3n) is 6.46. The lowest BCUT2D eigenvalue weighted by molar-refractivity contribution is -0.139. The summed E-state index contributed by atoms with van der Waals surface area (Å²) in [6, 6.07) is 14.9. The highest BCUT2D eigenvalue weighted by molar-refractivity contribution is 7.07. The highest BCUT2D eigenvalue weighted by Crippen LogP contribution is 2.31. The van der Waals surface area contributed by atoms with Crippen LogP contribution in [0.3, 0.4) is 0 Å². The van der Waals surface area contributed by atoms with E-state index in [9.17, 15) is 9.59 Å². The number of rotatable bonds is 8. The second-order valence-corrected chi connectivity index (χ2v) is 9.86. The zero-order valence-corrected chi connectivity index (χ0v) is 22.5. The summed E-state index contributed by atoms with van der Waals surface area (Å²) in [5.74, 6) is 0.243. The molecule has 38 heavy (non-hydrogen) atoms. The first kappa shape index (κ1) is 25.5. The van der Waals surface area contributed by atoms with Crippen LogP contribution < -0.4 is 19.6 Å². The van der Waals surface area contributed by atoms with E-state index < -0.39 is 12.0 Å². The smallest absolute Gasteiger partial charge is 0.338 e. The number of esters is 1. The van der Waals surface area contributed by atoms with E-state index in [2.05, 4.69) is 22.2 Å². The molecule has 0 saturated carbocycles. The van der Waals surface area contributed by atoms with Gasteiger partial charge >= 0.3 is 5.97 Å². The summed E-state index contributed by atoms with van der Waals surface area (Å²) in [4.78, 5) is 32.2. The predicted molar refractivity (Wildman–Crippen MR) is 150 cm³/mol. The Morgan fingerprint density at radius 3 is 2.61 bits per heavy atom. The normalized spacial score (nSPS) is 15.3. The number of carbonyl (C=O) groups is 1. The van der Waals surface area contributed by atoms with Gasteiger partial charge in [-0.2, -0.15) is 0 Å². The first-order valence-electron chi connectivity index (χ1n) is 12.6. The molecule has 0 fully saturated rings. The van der Waals surface area contributed by atoms with Crippen molar-refractivity contribution in [1.29, 1.82) is 0 Å². The monoisotopic (exact) mass is 527 g/mol. The Morgan fingerprint density at radius 2 is 1.89 bits per heavy atom. The molecule has 0 N–H and O–H groups in total. The lowest BCUT2D eigenvalue weighted by atomic mass is 9.96. The van der Waals surface area contributed by atoms with E-state index in [1.807, 2.05) is 67.7 Å². The van der Waals surface area contributed by atoms with Gasteiger partial charge in [-0.1, -0.05) is 47.7 Å². The Kier molecular flexibility index (Phi) is 7.15. The van der Waals surface area contributed by atoms with Gasteiger partial charge in [0.15, 0.2) is 4.80 Å². The maximum absolute atomic E-state index is 13.9. The third kappa shape index (κ3) is 4.52. The average Bonchev–Trinajstić information content (AvgIpc) is 3.41. The molecule has 2 aromatic heterocycles. The van der Waals surface area contributed by atoms with Crippen molar-refractivity contribution in [2.24, 2.45) is 4.99 Å². The molecule has 0 bridgehead atoms. The van der Waals surface area contributed by atoms with E-state index in [0.29, 0.717) is 33.8 Å². The number of hydrogen-bond acceptors (Lipinski definition) is 6. The summed E-state index contributed by atoms with van der Waals surface area (Å²) in [5, 5.41) is 1.05. The Balaban J connectivity index is 1.71. The van der Waals surface area contributed by atoms with Crippen LogP contribution in [0.5, 0.6) is 5.75 Å². The van der Waals surface area contributed by atoms with E-state index in [4.69, 9.17) is 9.47 Å². The molecule has 194 valence electrons. The van der Waals surface area contributed by atoms with Crippen LogP contribution >= 0.6 is 11.3 Å². The van der Waals surface area contributed by atoms with Crippen molar-refractivity contribution in [2.75, 3.05) is 13.2 Å². The fourth-order valence-corrected chi connectivity index (χ4v) is 5.88. The molecule has 0 aliphatic carbocycles. The quantitative estimate of drug-likeness (QED) is 0.252. The summed E-state index contributed by atoms with van der Waals surface area (Å²) in [6.07, 6.45) is 5.79. The van der Waals surface area contributed by atoms with Crippen molar-refractivity contribution in [2.45, 2.75) is 33.4 Å². The lowest BCUT2D eigenvalue weighted by Gasteiger charge is -2.24. The number of allylic oxidation sites excluding steroid dienone is 2. The number of para-hydroxylation sites is 1. The molecule has 1 atom stereocenters. The number of benzene rings is 2. The minimum absolute atomic E-state index is 0.206. The van der Waals surface area contributed by atoms with Crippen molar-refractivity contribution in [3.63, 3.8) is 0 Å². The predicted octanol–water partition coefficient (Wildman–Crippen LogP) is 4.34. The van der Waals surface area contributed by atoms with E-state index in [-0.39, 0.29) is 12.2 Å². The van der Waals surface area contributed by atoms with Crippen LogP contribution in [-0.4, -0.2) is 28.3 Å². The fourth-order valence-electron chi connectivity index (χ4n) is 4.84. The molecular weight excluding hydrogens is 498 g/mol. The standard InChI is InChI=1S/C30H29N3O4S/c1-5-16-32-18-21(23-10-8-9-11-24(23)32)17-25-28(34)33-27(20-12-14-22(15-13-20)36-6-2)26(29(35)37-7-3)19(4)31-30(33)38-25/h5,8-15,17-18,27H,1,6-7,16H2,2-4H3/b25-17-. The number of carbonyl (C=O) groups excluding carboxylic acids is 1.